The molecule has 0 aromatic heterocycles. The summed E-state index contributed by atoms with van der Waals surface area (Å²) in [5.74, 6) is 0. The van der Waals surface area contributed by atoms with E-state index in [9.17, 15) is 0 Å². The molecule has 0 unspecified atom stereocenters. The molecular weight excluding hydrogens is 308 g/mol. The van der Waals surface area contributed by atoms with Gasteiger partial charge in [0.05, 0.1) is 0 Å². The highest BCUT2D eigenvalue weighted by atomic mass is 79.9. The SMILES string of the molecule is Cc1cc(C)c(-c2c(C)cc(Br)c3c2C=CC3)c(C)c1. The first-order valence-electron chi connectivity index (χ1n) is 7.05. The molecule has 1 aliphatic carbocycles. The Morgan fingerprint density at radius 3 is 2.10 bits per heavy atom. The molecule has 0 heterocycles. The molecule has 0 saturated heterocycles. The van der Waals surface area contributed by atoms with Crippen LogP contribution in [0.4, 0.5) is 0 Å². The van der Waals surface area contributed by atoms with Crippen molar-refractivity contribution in [3.05, 3.63) is 62.1 Å². The van der Waals surface area contributed by atoms with Crippen LogP contribution >= 0.6 is 15.9 Å². The van der Waals surface area contributed by atoms with E-state index < -0.39 is 0 Å². The Morgan fingerprint density at radius 2 is 1.45 bits per heavy atom. The molecule has 20 heavy (non-hydrogen) atoms. The number of hydrogen-bond donors (Lipinski definition) is 0. The third kappa shape index (κ3) is 2.05. The van der Waals surface area contributed by atoms with Crippen molar-refractivity contribution < 1.29 is 0 Å². The zero-order chi connectivity index (χ0) is 14.4. The predicted octanol–water partition coefficient (Wildman–Crippen LogP) is 5.92. The normalized spacial score (nSPS) is 12.8. The summed E-state index contributed by atoms with van der Waals surface area (Å²) in [6.45, 7) is 8.83. The van der Waals surface area contributed by atoms with E-state index in [0.29, 0.717) is 0 Å². The van der Waals surface area contributed by atoms with Crippen LogP contribution in [0.1, 0.15) is 33.4 Å². The quantitative estimate of drug-likeness (QED) is 0.610. The zero-order valence-electron chi connectivity index (χ0n) is 12.5. The fourth-order valence-electron chi connectivity index (χ4n) is 3.43. The first-order chi connectivity index (χ1) is 9.49. The molecule has 2 aromatic rings. The van der Waals surface area contributed by atoms with Crippen molar-refractivity contribution in [2.24, 2.45) is 0 Å². The average Bonchev–Trinajstić information content (AvgIpc) is 2.81. The second kappa shape index (κ2) is 4.89. The van der Waals surface area contributed by atoms with Crippen molar-refractivity contribution in [2.45, 2.75) is 34.1 Å². The summed E-state index contributed by atoms with van der Waals surface area (Å²) in [6.07, 6.45) is 5.57. The van der Waals surface area contributed by atoms with E-state index in [1.54, 1.807) is 0 Å². The molecule has 1 heteroatoms. The van der Waals surface area contributed by atoms with E-state index in [0.717, 1.165) is 6.42 Å². The molecule has 0 nitrogen and oxygen atoms in total. The van der Waals surface area contributed by atoms with Crippen molar-refractivity contribution >= 4 is 22.0 Å². The lowest BCUT2D eigenvalue weighted by Crippen LogP contribution is -1.97. The largest absolute Gasteiger partial charge is 0.0794 e. The van der Waals surface area contributed by atoms with Gasteiger partial charge < -0.3 is 0 Å². The topological polar surface area (TPSA) is 0 Å². The minimum absolute atomic E-state index is 1.03. The summed E-state index contributed by atoms with van der Waals surface area (Å²) >= 11 is 3.71. The van der Waals surface area contributed by atoms with Crippen LogP contribution in [-0.4, -0.2) is 0 Å². The lowest BCUT2D eigenvalue weighted by molar-refractivity contribution is 1.25. The van der Waals surface area contributed by atoms with Gasteiger partial charge in [0.1, 0.15) is 0 Å². The number of rotatable bonds is 1. The van der Waals surface area contributed by atoms with Crippen LogP contribution in [0.3, 0.4) is 0 Å². The van der Waals surface area contributed by atoms with Gasteiger partial charge in [0.15, 0.2) is 0 Å². The Balaban J connectivity index is 2.37. The molecule has 102 valence electrons. The highest BCUT2D eigenvalue weighted by Crippen LogP contribution is 2.41. The van der Waals surface area contributed by atoms with Gasteiger partial charge in [0.2, 0.25) is 0 Å². The minimum atomic E-state index is 1.03. The molecule has 0 bridgehead atoms. The first kappa shape index (κ1) is 13.6. The molecule has 1 aliphatic rings. The Hall–Kier alpha value is -1.34. The van der Waals surface area contributed by atoms with Gasteiger partial charge in [-0.15, -0.1) is 0 Å². The van der Waals surface area contributed by atoms with Crippen LogP contribution in [0.5, 0.6) is 0 Å². The van der Waals surface area contributed by atoms with E-state index in [1.165, 1.54) is 49.0 Å². The molecule has 0 N–H and O–H groups in total. The van der Waals surface area contributed by atoms with Gasteiger partial charge >= 0.3 is 0 Å². The Labute approximate surface area is 129 Å². The van der Waals surface area contributed by atoms with Crippen LogP contribution in [0, 0.1) is 27.7 Å². The Morgan fingerprint density at radius 1 is 0.850 bits per heavy atom. The van der Waals surface area contributed by atoms with Crippen molar-refractivity contribution in [2.75, 3.05) is 0 Å². The van der Waals surface area contributed by atoms with E-state index in [2.05, 4.69) is 74.0 Å². The number of hydrogen-bond acceptors (Lipinski definition) is 0. The van der Waals surface area contributed by atoms with Crippen molar-refractivity contribution in [3.8, 4) is 11.1 Å². The smallest absolute Gasteiger partial charge is 0.0219 e. The van der Waals surface area contributed by atoms with Gasteiger partial charge in [0.25, 0.3) is 0 Å². The number of benzene rings is 2. The summed E-state index contributed by atoms with van der Waals surface area (Å²) in [5, 5.41) is 0. The van der Waals surface area contributed by atoms with Crippen molar-refractivity contribution in [3.63, 3.8) is 0 Å². The number of allylic oxidation sites excluding steroid dienone is 1. The minimum Gasteiger partial charge on any atom is -0.0794 e. The first-order valence-corrected chi connectivity index (χ1v) is 7.85. The Bertz CT molecular complexity index is 713. The summed E-state index contributed by atoms with van der Waals surface area (Å²) in [4.78, 5) is 0. The van der Waals surface area contributed by atoms with Gasteiger partial charge in [-0.25, -0.2) is 0 Å². The van der Waals surface area contributed by atoms with Gasteiger partial charge in [-0.1, -0.05) is 45.8 Å². The molecule has 0 aliphatic heterocycles. The summed E-state index contributed by atoms with van der Waals surface area (Å²) < 4.78 is 1.24. The van der Waals surface area contributed by atoms with E-state index in [-0.39, 0.29) is 0 Å². The second-order valence-corrected chi connectivity index (χ2v) is 6.68. The average molecular weight is 327 g/mol. The van der Waals surface area contributed by atoms with Crippen LogP contribution < -0.4 is 0 Å². The van der Waals surface area contributed by atoms with Crippen molar-refractivity contribution in [1.29, 1.82) is 0 Å². The number of halogens is 1. The second-order valence-electron chi connectivity index (χ2n) is 5.82. The fraction of sp³-hybridized carbons (Fsp3) is 0.263. The standard InChI is InChI=1S/C19H19Br/c1-11-8-12(2)18(13(3)9-11)19-14(4)10-17(20)15-6-5-7-16(15)19/h5,7-10H,6H2,1-4H3. The maximum Gasteiger partial charge on any atom is 0.0219 e. The molecule has 3 rings (SSSR count). The van der Waals surface area contributed by atoms with E-state index in [4.69, 9.17) is 0 Å². The third-order valence-corrected chi connectivity index (χ3v) is 4.86. The molecule has 0 amide bonds. The van der Waals surface area contributed by atoms with Crippen LogP contribution in [0.25, 0.3) is 17.2 Å². The lowest BCUT2D eigenvalue weighted by atomic mass is 9.87. The van der Waals surface area contributed by atoms with Gasteiger partial charge in [0, 0.05) is 4.47 Å². The highest BCUT2D eigenvalue weighted by Gasteiger charge is 2.19. The molecule has 0 radical (unpaired) electrons. The lowest BCUT2D eigenvalue weighted by Gasteiger charge is -2.18. The maximum atomic E-state index is 3.71. The molecule has 0 spiro atoms. The molecule has 0 fully saturated rings. The number of fused-ring (bicyclic) bond motifs is 1. The molecule has 0 saturated carbocycles. The van der Waals surface area contributed by atoms with Crippen LogP contribution in [0.15, 0.2) is 28.7 Å². The monoisotopic (exact) mass is 326 g/mol. The zero-order valence-corrected chi connectivity index (χ0v) is 14.1. The summed E-state index contributed by atoms with van der Waals surface area (Å²) in [6, 6.07) is 6.84. The predicted molar refractivity (Wildman–Crippen MR) is 91.3 cm³/mol. The van der Waals surface area contributed by atoms with Crippen LogP contribution in [-0.2, 0) is 6.42 Å². The molecule has 0 atom stereocenters. The summed E-state index contributed by atoms with van der Waals surface area (Å²) in [5.41, 5.74) is 11.1. The fourth-order valence-corrected chi connectivity index (χ4v) is 4.15. The van der Waals surface area contributed by atoms with E-state index >= 15 is 0 Å². The van der Waals surface area contributed by atoms with Gasteiger partial charge in [-0.2, -0.15) is 0 Å². The number of aryl methyl sites for hydroxylation is 4. The maximum absolute atomic E-state index is 3.71. The third-order valence-electron chi connectivity index (χ3n) is 4.15. The van der Waals surface area contributed by atoms with Gasteiger partial charge in [-0.3, -0.25) is 0 Å². The molecule has 2 aromatic carbocycles. The molecular formula is C19H19Br. The summed E-state index contributed by atoms with van der Waals surface area (Å²) in [7, 11) is 0. The Kier molecular flexibility index (Phi) is 3.33. The van der Waals surface area contributed by atoms with Crippen molar-refractivity contribution in [1.82, 2.24) is 0 Å². The van der Waals surface area contributed by atoms with Crippen LogP contribution in [0.2, 0.25) is 0 Å². The van der Waals surface area contributed by atoms with Gasteiger partial charge in [-0.05, 0) is 79.1 Å². The highest BCUT2D eigenvalue weighted by molar-refractivity contribution is 9.10. The van der Waals surface area contributed by atoms with E-state index in [1.807, 2.05) is 0 Å².